The molecule has 1 aliphatic carbocycles. The molecule has 0 saturated heterocycles. The van der Waals surface area contributed by atoms with Crippen molar-refractivity contribution in [1.82, 2.24) is 5.32 Å². The van der Waals surface area contributed by atoms with Gasteiger partial charge in [-0.1, -0.05) is 41.9 Å². The van der Waals surface area contributed by atoms with Crippen LogP contribution in [0.1, 0.15) is 35.6 Å². The molecule has 5 nitrogen and oxygen atoms in total. The number of halogens is 1. The van der Waals surface area contributed by atoms with Crippen molar-refractivity contribution in [3.05, 3.63) is 64.2 Å². The summed E-state index contributed by atoms with van der Waals surface area (Å²) in [6, 6.07) is 13.0. The number of rotatable bonds is 5. The Morgan fingerprint density at radius 1 is 1.26 bits per heavy atom. The number of nitrogens with one attached hydrogen (secondary N) is 1. The van der Waals surface area contributed by atoms with E-state index in [0.29, 0.717) is 10.7 Å². The highest BCUT2D eigenvalue weighted by Gasteiger charge is 2.26. The van der Waals surface area contributed by atoms with Crippen LogP contribution < -0.4 is 9.62 Å². The van der Waals surface area contributed by atoms with Crippen LogP contribution in [0.3, 0.4) is 0 Å². The summed E-state index contributed by atoms with van der Waals surface area (Å²) < 4.78 is 25.8. The van der Waals surface area contributed by atoms with Gasteiger partial charge in [0.2, 0.25) is 15.9 Å². The van der Waals surface area contributed by atoms with Gasteiger partial charge in [-0.2, -0.15) is 0 Å². The van der Waals surface area contributed by atoms with Crippen molar-refractivity contribution in [2.45, 2.75) is 32.2 Å². The molecule has 2 aromatic rings. The Morgan fingerprint density at radius 3 is 2.74 bits per heavy atom. The van der Waals surface area contributed by atoms with E-state index in [-0.39, 0.29) is 18.5 Å². The maximum absolute atomic E-state index is 12.7. The van der Waals surface area contributed by atoms with Gasteiger partial charge in [-0.25, -0.2) is 8.42 Å². The SMILES string of the molecule is Cc1ccc(Cl)cc1N(CC(=O)NC1CCCc2ccccc21)S(C)(=O)=O. The smallest absolute Gasteiger partial charge is 0.241 e. The lowest BCUT2D eigenvalue weighted by molar-refractivity contribution is -0.120. The van der Waals surface area contributed by atoms with Gasteiger partial charge >= 0.3 is 0 Å². The summed E-state index contributed by atoms with van der Waals surface area (Å²) in [5.74, 6) is -0.332. The monoisotopic (exact) mass is 406 g/mol. The number of anilines is 1. The first kappa shape index (κ1) is 19.7. The molecule has 7 heteroatoms. The Hall–Kier alpha value is -2.05. The van der Waals surface area contributed by atoms with Crippen molar-refractivity contribution in [2.75, 3.05) is 17.1 Å². The van der Waals surface area contributed by atoms with Crippen LogP contribution in [0, 0.1) is 6.92 Å². The minimum absolute atomic E-state index is 0.0932. The van der Waals surface area contributed by atoms with Crippen LogP contribution in [0.5, 0.6) is 0 Å². The molecule has 1 atom stereocenters. The summed E-state index contributed by atoms with van der Waals surface area (Å²) in [5.41, 5.74) is 3.51. The third-order valence-electron chi connectivity index (χ3n) is 4.83. The molecule has 1 amide bonds. The molecule has 144 valence electrons. The van der Waals surface area contributed by atoms with Crippen molar-refractivity contribution < 1.29 is 13.2 Å². The molecule has 0 heterocycles. The van der Waals surface area contributed by atoms with Crippen LogP contribution in [0.15, 0.2) is 42.5 Å². The molecule has 2 aromatic carbocycles. The Kier molecular flexibility index (Phi) is 5.77. The van der Waals surface area contributed by atoms with Crippen LogP contribution in [0.25, 0.3) is 0 Å². The number of sulfonamides is 1. The molecular formula is C20H23ClN2O3S. The molecule has 1 unspecified atom stereocenters. The van der Waals surface area contributed by atoms with Crippen LogP contribution in [-0.4, -0.2) is 27.1 Å². The zero-order valence-corrected chi connectivity index (χ0v) is 17.0. The number of benzene rings is 2. The molecule has 0 aromatic heterocycles. The van der Waals surface area contributed by atoms with Gasteiger partial charge in [0.1, 0.15) is 6.54 Å². The predicted octanol–water partition coefficient (Wildman–Crippen LogP) is 3.61. The number of hydrogen-bond acceptors (Lipinski definition) is 3. The molecule has 0 spiro atoms. The van der Waals surface area contributed by atoms with Crippen LogP contribution in [0.4, 0.5) is 5.69 Å². The van der Waals surface area contributed by atoms with E-state index in [2.05, 4.69) is 11.4 Å². The lowest BCUT2D eigenvalue weighted by Crippen LogP contribution is -2.42. The fourth-order valence-electron chi connectivity index (χ4n) is 3.51. The van der Waals surface area contributed by atoms with Crippen LogP contribution in [0.2, 0.25) is 5.02 Å². The normalized spacial score (nSPS) is 16.5. The van der Waals surface area contributed by atoms with E-state index in [4.69, 9.17) is 11.6 Å². The zero-order chi connectivity index (χ0) is 19.6. The van der Waals surface area contributed by atoms with E-state index in [0.717, 1.165) is 41.0 Å². The molecule has 0 bridgehead atoms. The average Bonchev–Trinajstić information content (AvgIpc) is 2.61. The number of aryl methyl sites for hydroxylation is 2. The first-order valence-corrected chi connectivity index (χ1v) is 11.1. The Bertz CT molecular complexity index is 959. The molecular weight excluding hydrogens is 384 g/mol. The minimum atomic E-state index is -3.64. The van der Waals surface area contributed by atoms with Crippen molar-refractivity contribution in [1.29, 1.82) is 0 Å². The Balaban J connectivity index is 1.81. The van der Waals surface area contributed by atoms with Gasteiger partial charge in [0.05, 0.1) is 18.0 Å². The van der Waals surface area contributed by atoms with E-state index in [1.165, 1.54) is 5.56 Å². The summed E-state index contributed by atoms with van der Waals surface area (Å²) in [7, 11) is -3.64. The Morgan fingerprint density at radius 2 is 2.00 bits per heavy atom. The number of nitrogens with zero attached hydrogens (tertiary/aromatic N) is 1. The van der Waals surface area contributed by atoms with E-state index >= 15 is 0 Å². The van der Waals surface area contributed by atoms with Gasteiger partial charge < -0.3 is 5.32 Å². The van der Waals surface area contributed by atoms with Gasteiger partial charge in [0, 0.05) is 5.02 Å². The van der Waals surface area contributed by atoms with E-state index in [1.807, 2.05) is 18.2 Å². The first-order valence-electron chi connectivity index (χ1n) is 8.87. The number of amides is 1. The maximum atomic E-state index is 12.7. The van der Waals surface area contributed by atoms with Gasteiger partial charge in [0.25, 0.3) is 0 Å². The molecule has 27 heavy (non-hydrogen) atoms. The third kappa shape index (κ3) is 4.62. The molecule has 0 aliphatic heterocycles. The minimum Gasteiger partial charge on any atom is -0.348 e. The summed E-state index contributed by atoms with van der Waals surface area (Å²) in [5, 5.41) is 3.43. The summed E-state index contributed by atoms with van der Waals surface area (Å²) >= 11 is 6.04. The van der Waals surface area contributed by atoms with Gasteiger partial charge in [-0.05, 0) is 55.0 Å². The number of hydrogen-bond donors (Lipinski definition) is 1. The number of carbonyl (C=O) groups excluding carboxylic acids is 1. The first-order chi connectivity index (χ1) is 12.8. The van der Waals surface area contributed by atoms with E-state index < -0.39 is 10.0 Å². The quantitative estimate of drug-likeness (QED) is 0.824. The molecule has 0 radical (unpaired) electrons. The molecule has 3 rings (SSSR count). The highest BCUT2D eigenvalue weighted by molar-refractivity contribution is 7.92. The Labute approximate surface area is 165 Å². The molecule has 0 saturated carbocycles. The number of carbonyl (C=O) groups is 1. The standard InChI is InChI=1S/C20H23ClN2O3S/c1-14-10-11-16(21)12-19(14)23(27(2,25)26)13-20(24)22-18-9-5-7-15-6-3-4-8-17(15)18/h3-4,6,8,10-12,18H,5,7,9,13H2,1-2H3,(H,22,24). The van der Waals surface area contributed by atoms with Crippen molar-refractivity contribution >= 4 is 33.2 Å². The maximum Gasteiger partial charge on any atom is 0.241 e. The van der Waals surface area contributed by atoms with Crippen LogP contribution >= 0.6 is 11.6 Å². The fraction of sp³-hybridized carbons (Fsp3) is 0.350. The second kappa shape index (κ2) is 7.90. The number of fused-ring (bicyclic) bond motifs is 1. The van der Waals surface area contributed by atoms with Gasteiger partial charge in [-0.3, -0.25) is 9.10 Å². The highest BCUT2D eigenvalue weighted by Crippen LogP contribution is 2.30. The summed E-state index contributed by atoms with van der Waals surface area (Å²) in [6.07, 6.45) is 3.93. The topological polar surface area (TPSA) is 66.5 Å². The van der Waals surface area contributed by atoms with E-state index in [1.54, 1.807) is 25.1 Å². The second-order valence-electron chi connectivity index (χ2n) is 6.91. The molecule has 0 fully saturated rings. The van der Waals surface area contributed by atoms with Gasteiger partial charge in [0.15, 0.2) is 0 Å². The lowest BCUT2D eigenvalue weighted by atomic mass is 9.88. The lowest BCUT2D eigenvalue weighted by Gasteiger charge is -2.28. The molecule has 1 aliphatic rings. The van der Waals surface area contributed by atoms with Gasteiger partial charge in [-0.15, -0.1) is 0 Å². The highest BCUT2D eigenvalue weighted by atomic mass is 35.5. The van der Waals surface area contributed by atoms with Crippen molar-refractivity contribution in [3.63, 3.8) is 0 Å². The third-order valence-corrected chi connectivity index (χ3v) is 6.19. The largest absolute Gasteiger partial charge is 0.348 e. The fourth-order valence-corrected chi connectivity index (χ4v) is 4.58. The summed E-state index contributed by atoms with van der Waals surface area (Å²) in [6.45, 7) is 1.51. The van der Waals surface area contributed by atoms with Crippen molar-refractivity contribution in [2.24, 2.45) is 0 Å². The van der Waals surface area contributed by atoms with Crippen molar-refractivity contribution in [3.8, 4) is 0 Å². The predicted molar refractivity (Wildman–Crippen MR) is 109 cm³/mol. The van der Waals surface area contributed by atoms with Crippen LogP contribution in [-0.2, 0) is 21.2 Å². The molecule has 1 N–H and O–H groups in total. The van der Waals surface area contributed by atoms with E-state index in [9.17, 15) is 13.2 Å². The summed E-state index contributed by atoms with van der Waals surface area (Å²) in [4.78, 5) is 12.7. The zero-order valence-electron chi connectivity index (χ0n) is 15.4. The second-order valence-corrected chi connectivity index (χ2v) is 9.25. The average molecular weight is 407 g/mol.